The number of halogens is 1. The van der Waals surface area contributed by atoms with Gasteiger partial charge in [-0.15, -0.1) is 0 Å². The first-order chi connectivity index (χ1) is 20.1. The molecule has 1 aliphatic heterocycles. The number of aromatic nitrogens is 2. The predicted octanol–water partition coefficient (Wildman–Crippen LogP) is 6.09. The van der Waals surface area contributed by atoms with E-state index in [9.17, 15) is 9.59 Å². The first-order valence-corrected chi connectivity index (χ1v) is 14.8. The summed E-state index contributed by atoms with van der Waals surface area (Å²) in [7, 11) is 0. The molecule has 1 saturated carbocycles. The third kappa shape index (κ3) is 5.94. The van der Waals surface area contributed by atoms with E-state index in [4.69, 9.17) is 11.6 Å². The number of pyridine rings is 1. The van der Waals surface area contributed by atoms with E-state index in [1.165, 1.54) is 32.1 Å². The Labute approximate surface area is 245 Å². The first kappa shape index (κ1) is 27.3. The minimum Gasteiger partial charge on any atom is -0.336 e. The molecule has 1 aliphatic carbocycles. The molecule has 2 fully saturated rings. The van der Waals surface area contributed by atoms with E-state index >= 15 is 0 Å². The average molecular weight is 571 g/mol. The van der Waals surface area contributed by atoms with Crippen LogP contribution in [0.2, 0.25) is 5.15 Å². The van der Waals surface area contributed by atoms with Gasteiger partial charge in [0.15, 0.2) is 0 Å². The quantitative estimate of drug-likeness (QED) is 0.294. The molecular weight excluding hydrogens is 536 g/mol. The van der Waals surface area contributed by atoms with Gasteiger partial charge in [-0.25, -0.2) is 4.79 Å². The Morgan fingerprint density at radius 1 is 0.902 bits per heavy atom. The smallest absolute Gasteiger partial charge is 0.319 e. The Balaban J connectivity index is 1.17. The summed E-state index contributed by atoms with van der Waals surface area (Å²) in [6, 6.07) is 19.4. The van der Waals surface area contributed by atoms with Gasteiger partial charge in [0.25, 0.3) is 5.91 Å². The number of anilines is 1. The first-order valence-electron chi connectivity index (χ1n) is 14.4. The van der Waals surface area contributed by atoms with Crippen LogP contribution in [0.4, 0.5) is 10.5 Å². The summed E-state index contributed by atoms with van der Waals surface area (Å²) in [5, 5.41) is 6.94. The average Bonchev–Trinajstić information content (AvgIpc) is 3.32. The second-order valence-corrected chi connectivity index (χ2v) is 11.2. The molecule has 2 aromatic carbocycles. The van der Waals surface area contributed by atoms with Crippen molar-refractivity contribution in [1.29, 1.82) is 0 Å². The van der Waals surface area contributed by atoms with Crippen LogP contribution in [-0.2, 0) is 6.54 Å². The molecule has 2 aromatic heterocycles. The van der Waals surface area contributed by atoms with Crippen molar-refractivity contribution in [2.45, 2.75) is 44.7 Å². The molecule has 3 heterocycles. The molecule has 2 N–H and O–H groups in total. The van der Waals surface area contributed by atoms with Crippen molar-refractivity contribution >= 4 is 40.1 Å². The maximum Gasteiger partial charge on any atom is 0.319 e. The normalized spacial score (nSPS) is 16.6. The molecule has 8 nitrogen and oxygen atoms in total. The zero-order valence-corrected chi connectivity index (χ0v) is 23.8. The summed E-state index contributed by atoms with van der Waals surface area (Å²) >= 11 is 6.99. The Morgan fingerprint density at radius 2 is 1.66 bits per heavy atom. The number of amides is 3. The number of hydrogen-bond acceptors (Lipinski definition) is 4. The largest absolute Gasteiger partial charge is 0.336 e. The van der Waals surface area contributed by atoms with E-state index < -0.39 is 0 Å². The third-order valence-electron chi connectivity index (χ3n) is 8.28. The van der Waals surface area contributed by atoms with Crippen LogP contribution in [0, 0.1) is 0 Å². The number of urea groups is 1. The van der Waals surface area contributed by atoms with Gasteiger partial charge in [-0.2, -0.15) is 0 Å². The third-order valence-corrected chi connectivity index (χ3v) is 8.64. The van der Waals surface area contributed by atoms with Gasteiger partial charge in [-0.1, -0.05) is 55.1 Å². The summed E-state index contributed by atoms with van der Waals surface area (Å²) in [6.07, 6.45) is 9.94. The lowest BCUT2D eigenvalue weighted by Crippen LogP contribution is -2.52. The van der Waals surface area contributed by atoms with Gasteiger partial charge >= 0.3 is 6.03 Å². The Hall–Kier alpha value is -3.88. The van der Waals surface area contributed by atoms with Gasteiger partial charge < -0.3 is 15.5 Å². The van der Waals surface area contributed by atoms with Gasteiger partial charge in [-0.3, -0.25) is 19.2 Å². The standard InChI is InChI=1S/C32H35ClN6O2/c33-30-29(31(40)38-19-17-37(18-20-38)25-8-2-1-3-9-25)27-10-4-5-11-28(27)39(30)26-14-12-24(13-15-26)36-32(41)35-22-23-7-6-16-34-21-23/h4-7,10-16,21,25H,1-3,8-9,17-20,22H2,(H2,35,36,41). The highest BCUT2D eigenvalue weighted by Gasteiger charge is 2.30. The number of nitrogens with zero attached hydrogens (tertiary/aromatic N) is 4. The van der Waals surface area contributed by atoms with E-state index in [0.29, 0.717) is 42.1 Å². The summed E-state index contributed by atoms with van der Waals surface area (Å²) in [5.41, 5.74) is 3.80. The fourth-order valence-corrected chi connectivity index (χ4v) is 6.48. The molecule has 0 spiro atoms. The van der Waals surface area contributed by atoms with Crippen LogP contribution in [-0.4, -0.2) is 63.5 Å². The number of para-hydroxylation sites is 1. The van der Waals surface area contributed by atoms with Gasteiger partial charge in [0.1, 0.15) is 5.15 Å². The van der Waals surface area contributed by atoms with E-state index in [-0.39, 0.29) is 11.9 Å². The molecule has 0 atom stereocenters. The Kier molecular flexibility index (Phi) is 8.21. The lowest BCUT2D eigenvalue weighted by atomic mass is 9.94. The predicted molar refractivity (Wildman–Crippen MR) is 163 cm³/mol. The van der Waals surface area contributed by atoms with Gasteiger partial charge in [0.05, 0.1) is 11.1 Å². The molecule has 0 radical (unpaired) electrons. The Bertz CT molecular complexity index is 1510. The van der Waals surface area contributed by atoms with Crippen LogP contribution in [0.1, 0.15) is 48.0 Å². The summed E-state index contributed by atoms with van der Waals surface area (Å²) in [5.74, 6) is -0.0168. The SMILES string of the molecule is O=C(NCc1cccnc1)Nc1ccc(-n2c(Cl)c(C(=O)N3CCN(C4CCCCC4)CC3)c3ccccc32)cc1. The molecule has 9 heteroatoms. The molecule has 1 saturated heterocycles. The molecule has 4 aromatic rings. The second kappa shape index (κ2) is 12.3. The van der Waals surface area contributed by atoms with Crippen LogP contribution in [0.15, 0.2) is 73.1 Å². The second-order valence-electron chi connectivity index (χ2n) is 10.9. The topological polar surface area (TPSA) is 82.5 Å². The minimum atomic E-state index is -0.303. The van der Waals surface area contributed by atoms with E-state index in [0.717, 1.165) is 35.2 Å². The monoisotopic (exact) mass is 570 g/mol. The van der Waals surface area contributed by atoms with Crippen molar-refractivity contribution < 1.29 is 9.59 Å². The van der Waals surface area contributed by atoms with Crippen LogP contribution in [0.25, 0.3) is 16.6 Å². The molecule has 2 aliphatic rings. The molecule has 0 unspecified atom stereocenters. The number of piperazine rings is 1. The number of rotatable bonds is 6. The van der Waals surface area contributed by atoms with E-state index in [1.54, 1.807) is 12.4 Å². The highest BCUT2D eigenvalue weighted by atomic mass is 35.5. The number of fused-ring (bicyclic) bond motifs is 1. The van der Waals surface area contributed by atoms with Crippen LogP contribution >= 0.6 is 11.6 Å². The molecule has 6 rings (SSSR count). The minimum absolute atomic E-state index is 0.0168. The van der Waals surface area contributed by atoms with Crippen molar-refractivity contribution in [2.75, 3.05) is 31.5 Å². The molecule has 212 valence electrons. The lowest BCUT2D eigenvalue weighted by molar-refractivity contribution is 0.0525. The number of carbonyl (C=O) groups excluding carboxylic acids is 2. The number of carbonyl (C=O) groups is 2. The maximum atomic E-state index is 13.9. The summed E-state index contributed by atoms with van der Waals surface area (Å²) in [6.45, 7) is 3.64. The van der Waals surface area contributed by atoms with Crippen molar-refractivity contribution in [3.8, 4) is 5.69 Å². The summed E-state index contributed by atoms with van der Waals surface area (Å²) < 4.78 is 1.91. The van der Waals surface area contributed by atoms with Gasteiger partial charge in [0, 0.05) is 67.9 Å². The number of hydrogen-bond donors (Lipinski definition) is 2. The van der Waals surface area contributed by atoms with Crippen molar-refractivity contribution in [1.82, 2.24) is 24.7 Å². The Morgan fingerprint density at radius 3 is 2.39 bits per heavy atom. The van der Waals surface area contributed by atoms with Crippen LogP contribution < -0.4 is 10.6 Å². The number of nitrogens with one attached hydrogen (secondary N) is 2. The fourth-order valence-electron chi connectivity index (χ4n) is 6.11. The van der Waals surface area contributed by atoms with Crippen LogP contribution in [0.5, 0.6) is 0 Å². The molecular formula is C32H35ClN6O2. The molecule has 3 amide bonds. The van der Waals surface area contributed by atoms with E-state index in [2.05, 4.69) is 20.5 Å². The fraction of sp³-hybridized carbons (Fsp3) is 0.344. The van der Waals surface area contributed by atoms with Gasteiger partial charge in [0.2, 0.25) is 0 Å². The summed E-state index contributed by atoms with van der Waals surface area (Å²) in [4.78, 5) is 34.8. The number of benzene rings is 2. The van der Waals surface area contributed by atoms with Crippen molar-refractivity contribution in [2.24, 2.45) is 0 Å². The molecule has 0 bridgehead atoms. The van der Waals surface area contributed by atoms with Gasteiger partial charge in [-0.05, 0) is 54.8 Å². The van der Waals surface area contributed by atoms with Crippen molar-refractivity contribution in [3.05, 3.63) is 89.3 Å². The zero-order valence-electron chi connectivity index (χ0n) is 23.1. The lowest BCUT2D eigenvalue weighted by Gasteiger charge is -2.40. The zero-order chi connectivity index (χ0) is 28.2. The highest BCUT2D eigenvalue weighted by molar-refractivity contribution is 6.36. The van der Waals surface area contributed by atoms with Crippen molar-refractivity contribution in [3.63, 3.8) is 0 Å². The maximum absolute atomic E-state index is 13.9. The highest BCUT2D eigenvalue weighted by Crippen LogP contribution is 2.35. The van der Waals surface area contributed by atoms with Crippen LogP contribution in [0.3, 0.4) is 0 Å². The molecule has 41 heavy (non-hydrogen) atoms. The van der Waals surface area contributed by atoms with E-state index in [1.807, 2.05) is 70.1 Å².